The van der Waals surface area contributed by atoms with Gasteiger partial charge in [-0.1, -0.05) is 51.9 Å². The van der Waals surface area contributed by atoms with Crippen molar-refractivity contribution in [2.75, 3.05) is 0 Å². The fourth-order valence-corrected chi connectivity index (χ4v) is 3.17. The fourth-order valence-electron chi connectivity index (χ4n) is 3.17. The second kappa shape index (κ2) is 13.3. The van der Waals surface area contributed by atoms with Gasteiger partial charge in [0.1, 0.15) is 5.78 Å². The molecule has 0 saturated carbocycles. The van der Waals surface area contributed by atoms with Crippen molar-refractivity contribution in [1.82, 2.24) is 0 Å². The molecule has 0 aromatic rings. The molecular weight excluding hydrogens is 316 g/mol. The summed E-state index contributed by atoms with van der Waals surface area (Å²) in [5.41, 5.74) is -0.659. The van der Waals surface area contributed by atoms with Crippen LogP contribution in [0.5, 0.6) is 0 Å². The van der Waals surface area contributed by atoms with Gasteiger partial charge in [0.25, 0.3) is 0 Å². The third kappa shape index (κ3) is 12.1. The average Bonchev–Trinajstić information content (AvgIpc) is 2.52. The molecule has 4 nitrogen and oxygen atoms in total. The normalized spacial score (nSPS) is 14.3. The lowest BCUT2D eigenvalue weighted by molar-refractivity contribution is -0.147. The van der Waals surface area contributed by atoms with Crippen LogP contribution in [0.2, 0.25) is 0 Å². The van der Waals surface area contributed by atoms with Crippen LogP contribution in [0.15, 0.2) is 0 Å². The van der Waals surface area contributed by atoms with E-state index >= 15 is 0 Å². The van der Waals surface area contributed by atoms with E-state index in [4.69, 9.17) is 5.11 Å². The molecule has 4 heteroatoms. The van der Waals surface area contributed by atoms with E-state index in [1.165, 1.54) is 12.8 Å². The molecule has 148 valence electrons. The number of carbonyl (C=O) groups is 2. The zero-order valence-corrected chi connectivity index (χ0v) is 16.9. The summed E-state index contributed by atoms with van der Waals surface area (Å²) >= 11 is 0. The minimum atomic E-state index is -0.744. The number of Topliss-reactive ketones (excluding diaryl/α,β-unsaturated/α-hetero) is 1. The van der Waals surface area contributed by atoms with Crippen LogP contribution >= 0.6 is 0 Å². The minimum Gasteiger partial charge on any atom is -0.481 e. The molecule has 0 aliphatic carbocycles. The Bertz CT molecular complexity index is 376. The topological polar surface area (TPSA) is 74.6 Å². The van der Waals surface area contributed by atoms with Gasteiger partial charge in [-0.05, 0) is 52.9 Å². The quantitative estimate of drug-likeness (QED) is 0.365. The van der Waals surface area contributed by atoms with E-state index in [9.17, 15) is 14.7 Å². The van der Waals surface area contributed by atoms with Gasteiger partial charge in [-0.3, -0.25) is 9.59 Å². The van der Waals surface area contributed by atoms with Crippen molar-refractivity contribution in [3.8, 4) is 0 Å². The number of unbranched alkanes of at least 4 members (excludes halogenated alkanes) is 4. The lowest BCUT2D eigenvalue weighted by Gasteiger charge is -2.19. The third-order valence-electron chi connectivity index (χ3n) is 5.24. The summed E-state index contributed by atoms with van der Waals surface area (Å²) in [5, 5.41) is 19.1. The maximum Gasteiger partial charge on any atom is 0.309 e. The Morgan fingerprint density at radius 2 is 1.44 bits per heavy atom. The van der Waals surface area contributed by atoms with Gasteiger partial charge in [0.2, 0.25) is 0 Å². The van der Waals surface area contributed by atoms with E-state index in [2.05, 4.69) is 6.92 Å². The molecule has 0 bridgehead atoms. The molecule has 25 heavy (non-hydrogen) atoms. The number of hydrogen-bond donors (Lipinski definition) is 2. The third-order valence-corrected chi connectivity index (χ3v) is 5.24. The second-order valence-electron chi connectivity index (χ2n) is 8.18. The van der Waals surface area contributed by atoms with E-state index in [-0.39, 0.29) is 17.8 Å². The molecule has 0 heterocycles. The number of carboxylic acid groups (broad SMARTS) is 1. The first-order chi connectivity index (χ1) is 11.7. The molecular formula is C21H40O4. The number of ketones is 1. The highest BCUT2D eigenvalue weighted by molar-refractivity contribution is 5.78. The van der Waals surface area contributed by atoms with Crippen LogP contribution in [-0.2, 0) is 9.59 Å². The molecule has 0 radical (unpaired) electrons. The average molecular weight is 357 g/mol. The molecule has 2 N–H and O–H groups in total. The highest BCUT2D eigenvalue weighted by Crippen LogP contribution is 2.25. The van der Waals surface area contributed by atoms with E-state index in [1.807, 2.05) is 0 Å². The summed E-state index contributed by atoms with van der Waals surface area (Å²) in [7, 11) is 0. The summed E-state index contributed by atoms with van der Waals surface area (Å²) in [6.45, 7) is 7.35. The van der Waals surface area contributed by atoms with Crippen molar-refractivity contribution in [3.05, 3.63) is 0 Å². The number of carboxylic acids is 1. The molecule has 2 unspecified atom stereocenters. The standard InChI is InChI=1S/C21H40O4/c1-5-6-8-14-19(23)15-11-13-18(17(2)22)12-9-7-10-16-21(3,4)20(24)25/h18-19,23H,5-16H2,1-4H3,(H,24,25). The zero-order valence-electron chi connectivity index (χ0n) is 16.9. The molecule has 2 atom stereocenters. The van der Waals surface area contributed by atoms with Crippen molar-refractivity contribution in [1.29, 1.82) is 0 Å². The largest absolute Gasteiger partial charge is 0.481 e. The number of rotatable bonds is 16. The number of carbonyl (C=O) groups excluding carboxylic acids is 1. The fraction of sp³-hybridized carbons (Fsp3) is 0.905. The van der Waals surface area contributed by atoms with E-state index in [0.29, 0.717) is 6.42 Å². The summed E-state index contributed by atoms with van der Waals surface area (Å²) in [6.07, 6.45) is 11.0. The van der Waals surface area contributed by atoms with Crippen molar-refractivity contribution in [3.63, 3.8) is 0 Å². The van der Waals surface area contributed by atoms with Gasteiger partial charge in [0.15, 0.2) is 0 Å². The predicted molar refractivity (Wildman–Crippen MR) is 103 cm³/mol. The molecule has 0 rings (SSSR count). The first kappa shape index (κ1) is 24.1. The summed E-state index contributed by atoms with van der Waals surface area (Å²) in [6, 6.07) is 0. The molecule has 0 amide bonds. The lowest BCUT2D eigenvalue weighted by Crippen LogP contribution is -2.23. The van der Waals surface area contributed by atoms with Crippen LogP contribution in [0.1, 0.15) is 105 Å². The monoisotopic (exact) mass is 356 g/mol. The van der Waals surface area contributed by atoms with Gasteiger partial charge in [0.05, 0.1) is 11.5 Å². The van der Waals surface area contributed by atoms with E-state index in [1.54, 1.807) is 20.8 Å². The van der Waals surface area contributed by atoms with Crippen LogP contribution in [0.3, 0.4) is 0 Å². The Morgan fingerprint density at radius 1 is 0.880 bits per heavy atom. The SMILES string of the molecule is CCCCCC(O)CCCC(CCCCCC(C)(C)C(=O)O)C(C)=O. The maximum absolute atomic E-state index is 11.8. The number of aliphatic carboxylic acids is 1. The summed E-state index contributed by atoms with van der Waals surface area (Å²) in [4.78, 5) is 22.9. The Labute approximate surface area is 154 Å². The van der Waals surface area contributed by atoms with Crippen LogP contribution in [-0.4, -0.2) is 28.1 Å². The second-order valence-corrected chi connectivity index (χ2v) is 8.18. The minimum absolute atomic E-state index is 0.0929. The molecule has 0 spiro atoms. The van der Waals surface area contributed by atoms with Crippen LogP contribution in [0.25, 0.3) is 0 Å². The van der Waals surface area contributed by atoms with Gasteiger partial charge in [-0.15, -0.1) is 0 Å². The number of aliphatic hydroxyl groups excluding tert-OH is 1. The Balaban J connectivity index is 3.92. The maximum atomic E-state index is 11.8. The van der Waals surface area contributed by atoms with Gasteiger partial charge in [-0.25, -0.2) is 0 Å². The number of hydrogen-bond acceptors (Lipinski definition) is 3. The van der Waals surface area contributed by atoms with Gasteiger partial charge < -0.3 is 10.2 Å². The Kier molecular flexibility index (Phi) is 12.8. The van der Waals surface area contributed by atoms with E-state index in [0.717, 1.165) is 57.8 Å². The van der Waals surface area contributed by atoms with Crippen molar-refractivity contribution in [2.45, 2.75) is 111 Å². The highest BCUT2D eigenvalue weighted by atomic mass is 16.4. The van der Waals surface area contributed by atoms with Gasteiger partial charge in [-0.2, -0.15) is 0 Å². The first-order valence-electron chi connectivity index (χ1n) is 10.1. The predicted octanol–water partition coefficient (Wildman–Crippen LogP) is 5.36. The molecule has 0 fully saturated rings. The van der Waals surface area contributed by atoms with Crippen LogP contribution in [0, 0.1) is 11.3 Å². The van der Waals surface area contributed by atoms with E-state index < -0.39 is 11.4 Å². The lowest BCUT2D eigenvalue weighted by atomic mass is 9.86. The molecule has 0 aliphatic heterocycles. The first-order valence-corrected chi connectivity index (χ1v) is 10.1. The summed E-state index contributed by atoms with van der Waals surface area (Å²) in [5.74, 6) is -0.409. The van der Waals surface area contributed by atoms with Gasteiger partial charge >= 0.3 is 5.97 Å². The van der Waals surface area contributed by atoms with Crippen LogP contribution in [0.4, 0.5) is 0 Å². The number of aliphatic hydroxyl groups is 1. The van der Waals surface area contributed by atoms with Crippen molar-refractivity contribution < 1.29 is 19.8 Å². The van der Waals surface area contributed by atoms with Crippen molar-refractivity contribution in [2.24, 2.45) is 11.3 Å². The summed E-state index contributed by atoms with van der Waals surface area (Å²) < 4.78 is 0. The smallest absolute Gasteiger partial charge is 0.309 e. The molecule has 0 aliphatic rings. The molecule has 0 saturated heterocycles. The molecule has 0 aromatic carbocycles. The molecule has 0 aromatic heterocycles. The highest BCUT2D eigenvalue weighted by Gasteiger charge is 2.26. The van der Waals surface area contributed by atoms with Crippen molar-refractivity contribution >= 4 is 11.8 Å². The van der Waals surface area contributed by atoms with Gasteiger partial charge in [0, 0.05) is 5.92 Å². The Hall–Kier alpha value is -0.900. The Morgan fingerprint density at radius 3 is 2.00 bits per heavy atom. The van der Waals surface area contributed by atoms with Crippen LogP contribution < -0.4 is 0 Å². The zero-order chi connectivity index (χ0) is 19.3.